The fourth-order valence-corrected chi connectivity index (χ4v) is 6.08. The summed E-state index contributed by atoms with van der Waals surface area (Å²) in [5.74, 6) is 4.01. The van der Waals surface area contributed by atoms with Crippen LogP contribution in [0.4, 0.5) is 0 Å². The van der Waals surface area contributed by atoms with Crippen LogP contribution in [-0.4, -0.2) is 38.1 Å². The molecule has 21 heavy (non-hydrogen) atoms. The van der Waals surface area contributed by atoms with Gasteiger partial charge in [-0.3, -0.25) is 0 Å². The summed E-state index contributed by atoms with van der Waals surface area (Å²) in [6.45, 7) is 7.56. The van der Waals surface area contributed by atoms with Crippen molar-refractivity contribution in [2.24, 2.45) is 29.1 Å². The summed E-state index contributed by atoms with van der Waals surface area (Å²) >= 11 is 0. The van der Waals surface area contributed by atoms with Crippen LogP contribution in [-0.2, 0) is 0 Å². The molecule has 2 bridgehead atoms. The molecular formula is C19H36N2. The molecule has 5 unspecified atom stereocenters. The van der Waals surface area contributed by atoms with Gasteiger partial charge in [-0.15, -0.1) is 0 Å². The Morgan fingerprint density at radius 3 is 2.43 bits per heavy atom. The van der Waals surface area contributed by atoms with Gasteiger partial charge in [0.1, 0.15) is 0 Å². The summed E-state index contributed by atoms with van der Waals surface area (Å²) in [6.07, 6.45) is 10.3. The van der Waals surface area contributed by atoms with Crippen LogP contribution in [0.2, 0.25) is 0 Å². The van der Waals surface area contributed by atoms with Crippen molar-refractivity contribution in [1.29, 1.82) is 0 Å². The molecule has 3 saturated carbocycles. The summed E-state index contributed by atoms with van der Waals surface area (Å²) in [5, 5.41) is 3.64. The molecule has 0 aromatic carbocycles. The molecule has 2 nitrogen and oxygen atoms in total. The lowest BCUT2D eigenvalue weighted by Gasteiger charge is -2.45. The van der Waals surface area contributed by atoms with E-state index in [4.69, 9.17) is 0 Å². The van der Waals surface area contributed by atoms with Gasteiger partial charge in [-0.1, -0.05) is 26.7 Å². The van der Waals surface area contributed by atoms with Crippen LogP contribution in [0.1, 0.15) is 58.8 Å². The van der Waals surface area contributed by atoms with E-state index in [2.05, 4.69) is 38.2 Å². The van der Waals surface area contributed by atoms with Crippen molar-refractivity contribution in [3.63, 3.8) is 0 Å². The average molecular weight is 293 g/mol. The maximum atomic E-state index is 3.64. The highest BCUT2D eigenvalue weighted by Crippen LogP contribution is 2.48. The third kappa shape index (κ3) is 3.32. The molecule has 3 fully saturated rings. The van der Waals surface area contributed by atoms with E-state index in [9.17, 15) is 0 Å². The summed E-state index contributed by atoms with van der Waals surface area (Å²) in [4.78, 5) is 2.67. The molecule has 122 valence electrons. The fraction of sp³-hybridized carbons (Fsp3) is 1.00. The zero-order valence-electron chi connectivity index (χ0n) is 14.7. The summed E-state index contributed by atoms with van der Waals surface area (Å²) in [7, 11) is 4.54. The SMILES string of the molecule is CNC1C(CN(C)CC2CC3CCC2C3)CCCC1(C)C. The lowest BCUT2D eigenvalue weighted by molar-refractivity contribution is 0.0829. The lowest BCUT2D eigenvalue weighted by atomic mass is 9.68. The van der Waals surface area contributed by atoms with Crippen molar-refractivity contribution < 1.29 is 0 Å². The quantitative estimate of drug-likeness (QED) is 0.830. The highest BCUT2D eigenvalue weighted by atomic mass is 15.1. The maximum absolute atomic E-state index is 3.64. The van der Waals surface area contributed by atoms with Crippen molar-refractivity contribution in [3.05, 3.63) is 0 Å². The second kappa shape index (κ2) is 6.20. The first kappa shape index (κ1) is 15.8. The van der Waals surface area contributed by atoms with E-state index < -0.39 is 0 Å². The topological polar surface area (TPSA) is 15.3 Å². The second-order valence-corrected chi connectivity index (χ2v) is 9.06. The molecule has 2 heteroatoms. The third-order valence-electron chi connectivity index (χ3n) is 7.00. The number of hydrogen-bond acceptors (Lipinski definition) is 2. The first-order valence-corrected chi connectivity index (χ1v) is 9.35. The molecule has 5 atom stereocenters. The Morgan fingerprint density at radius 1 is 1.05 bits per heavy atom. The standard InChI is InChI=1S/C19H36N2/c1-19(2)9-5-6-16(18(19)20-3)12-21(4)13-17-11-14-7-8-15(17)10-14/h14-18,20H,5-13H2,1-4H3. The Hall–Kier alpha value is -0.0800. The van der Waals surface area contributed by atoms with Gasteiger partial charge in [0.25, 0.3) is 0 Å². The van der Waals surface area contributed by atoms with E-state index in [0.717, 1.165) is 23.7 Å². The van der Waals surface area contributed by atoms with E-state index in [1.807, 2.05) is 0 Å². The maximum Gasteiger partial charge on any atom is 0.0156 e. The lowest BCUT2D eigenvalue weighted by Crippen LogP contribution is -2.51. The number of nitrogens with zero attached hydrogens (tertiary/aromatic N) is 1. The Labute approximate surface area is 132 Å². The molecule has 0 aromatic heterocycles. The van der Waals surface area contributed by atoms with Crippen molar-refractivity contribution in [2.75, 3.05) is 27.2 Å². The third-order valence-corrected chi connectivity index (χ3v) is 7.00. The van der Waals surface area contributed by atoms with Crippen molar-refractivity contribution in [3.8, 4) is 0 Å². The first-order valence-electron chi connectivity index (χ1n) is 9.35. The molecule has 3 rings (SSSR count). The molecule has 0 radical (unpaired) electrons. The number of fused-ring (bicyclic) bond motifs is 2. The van der Waals surface area contributed by atoms with Gasteiger partial charge in [0.2, 0.25) is 0 Å². The Balaban J connectivity index is 1.52. The summed E-state index contributed by atoms with van der Waals surface area (Å²) < 4.78 is 0. The molecule has 3 aliphatic rings. The Morgan fingerprint density at radius 2 is 1.81 bits per heavy atom. The van der Waals surface area contributed by atoms with Crippen LogP contribution in [0.5, 0.6) is 0 Å². The number of hydrogen-bond donors (Lipinski definition) is 1. The normalized spacial score (nSPS) is 41.9. The zero-order valence-corrected chi connectivity index (χ0v) is 14.7. The van der Waals surface area contributed by atoms with Gasteiger partial charge in [-0.2, -0.15) is 0 Å². The van der Waals surface area contributed by atoms with Crippen LogP contribution >= 0.6 is 0 Å². The highest BCUT2D eigenvalue weighted by Gasteiger charge is 2.41. The minimum atomic E-state index is 0.463. The van der Waals surface area contributed by atoms with Crippen LogP contribution in [0.25, 0.3) is 0 Å². The van der Waals surface area contributed by atoms with Gasteiger partial charge >= 0.3 is 0 Å². The van der Waals surface area contributed by atoms with Crippen molar-refractivity contribution in [1.82, 2.24) is 10.2 Å². The zero-order chi connectivity index (χ0) is 15.0. The molecule has 0 aliphatic heterocycles. The predicted octanol–water partition coefficient (Wildman–Crippen LogP) is 3.77. The average Bonchev–Trinajstić information content (AvgIpc) is 3.00. The van der Waals surface area contributed by atoms with Gasteiger partial charge in [-0.05, 0) is 75.3 Å². The van der Waals surface area contributed by atoms with Gasteiger partial charge in [-0.25, -0.2) is 0 Å². The van der Waals surface area contributed by atoms with Crippen LogP contribution < -0.4 is 5.32 Å². The molecule has 0 heterocycles. The van der Waals surface area contributed by atoms with E-state index in [1.165, 1.54) is 51.6 Å². The minimum absolute atomic E-state index is 0.463. The van der Waals surface area contributed by atoms with E-state index in [-0.39, 0.29) is 0 Å². The van der Waals surface area contributed by atoms with Gasteiger partial charge in [0, 0.05) is 19.1 Å². The van der Waals surface area contributed by atoms with E-state index in [1.54, 1.807) is 6.42 Å². The highest BCUT2D eigenvalue weighted by molar-refractivity contribution is 4.95. The molecule has 0 spiro atoms. The molecule has 1 N–H and O–H groups in total. The van der Waals surface area contributed by atoms with Gasteiger partial charge in [0.15, 0.2) is 0 Å². The van der Waals surface area contributed by atoms with Crippen molar-refractivity contribution >= 4 is 0 Å². The van der Waals surface area contributed by atoms with Crippen LogP contribution in [0.15, 0.2) is 0 Å². The minimum Gasteiger partial charge on any atom is -0.316 e. The van der Waals surface area contributed by atoms with E-state index >= 15 is 0 Å². The van der Waals surface area contributed by atoms with Crippen molar-refractivity contribution in [2.45, 2.75) is 64.8 Å². The van der Waals surface area contributed by atoms with Gasteiger partial charge in [0.05, 0.1) is 0 Å². The first-order chi connectivity index (χ1) is 9.99. The molecule has 0 amide bonds. The largest absolute Gasteiger partial charge is 0.316 e. The number of nitrogens with one attached hydrogen (secondary N) is 1. The molecular weight excluding hydrogens is 256 g/mol. The molecule has 0 saturated heterocycles. The van der Waals surface area contributed by atoms with E-state index in [0.29, 0.717) is 11.5 Å². The number of rotatable bonds is 5. The Bertz CT molecular complexity index is 351. The van der Waals surface area contributed by atoms with Crippen LogP contribution in [0.3, 0.4) is 0 Å². The smallest absolute Gasteiger partial charge is 0.0156 e. The van der Waals surface area contributed by atoms with Crippen LogP contribution in [0, 0.1) is 29.1 Å². The summed E-state index contributed by atoms with van der Waals surface area (Å²) in [5.41, 5.74) is 0.463. The van der Waals surface area contributed by atoms with Gasteiger partial charge < -0.3 is 10.2 Å². The molecule has 3 aliphatic carbocycles. The second-order valence-electron chi connectivity index (χ2n) is 9.06. The molecule has 0 aromatic rings. The fourth-order valence-electron chi connectivity index (χ4n) is 6.08. The monoisotopic (exact) mass is 292 g/mol. The predicted molar refractivity (Wildman–Crippen MR) is 90.4 cm³/mol. The Kier molecular flexibility index (Phi) is 4.66. The summed E-state index contributed by atoms with van der Waals surface area (Å²) in [6, 6.07) is 0.689.